The average molecular weight is 223 g/mol. The molecule has 16 heavy (non-hydrogen) atoms. The molecule has 0 amide bonds. The Kier molecular flexibility index (Phi) is 4.31. The molecule has 4 nitrogen and oxygen atoms in total. The van der Waals surface area contributed by atoms with Crippen molar-refractivity contribution in [2.75, 3.05) is 13.7 Å². The third-order valence-corrected chi connectivity index (χ3v) is 2.11. The molecule has 4 heteroatoms. The van der Waals surface area contributed by atoms with Crippen LogP contribution in [0.1, 0.15) is 19.4 Å². The van der Waals surface area contributed by atoms with Crippen LogP contribution < -0.4 is 9.47 Å². The van der Waals surface area contributed by atoms with Crippen molar-refractivity contribution in [2.24, 2.45) is 0 Å². The first-order valence-corrected chi connectivity index (χ1v) is 4.88. The van der Waals surface area contributed by atoms with Gasteiger partial charge in [-0.25, -0.2) is 0 Å². The fourth-order valence-corrected chi connectivity index (χ4v) is 1.25. The van der Waals surface area contributed by atoms with Gasteiger partial charge >= 0.3 is 5.97 Å². The molecule has 0 aromatic heterocycles. The highest BCUT2D eigenvalue weighted by molar-refractivity contribution is 5.69. The molecular formula is C12H15O4. The van der Waals surface area contributed by atoms with Gasteiger partial charge in [0.25, 0.3) is 0 Å². The summed E-state index contributed by atoms with van der Waals surface area (Å²) in [7, 11) is 1.53. The Bertz CT molecular complexity index is 373. The Labute approximate surface area is 94.8 Å². The molecule has 1 N–H and O–H groups in total. The summed E-state index contributed by atoms with van der Waals surface area (Å²) in [5.41, 5.74) is 0.790. The van der Waals surface area contributed by atoms with E-state index in [0.29, 0.717) is 11.5 Å². The van der Waals surface area contributed by atoms with Gasteiger partial charge < -0.3 is 14.6 Å². The number of carbonyl (C=O) groups excluding carboxylic acids is 1. The van der Waals surface area contributed by atoms with Crippen molar-refractivity contribution in [3.8, 4) is 11.5 Å². The molecule has 1 aromatic rings. The molecule has 0 heterocycles. The first-order chi connectivity index (χ1) is 7.56. The molecule has 87 valence electrons. The van der Waals surface area contributed by atoms with Crippen molar-refractivity contribution in [3.63, 3.8) is 0 Å². The lowest BCUT2D eigenvalue weighted by Gasteiger charge is -2.12. The van der Waals surface area contributed by atoms with Crippen molar-refractivity contribution >= 4 is 5.97 Å². The lowest BCUT2D eigenvalue weighted by molar-refractivity contribution is -0.131. The fourth-order valence-electron chi connectivity index (χ4n) is 1.25. The minimum atomic E-state index is -0.388. The van der Waals surface area contributed by atoms with Crippen LogP contribution in [0, 0.1) is 5.92 Å². The number of methoxy groups -OCH3 is 1. The third kappa shape index (κ3) is 3.24. The van der Waals surface area contributed by atoms with E-state index in [1.165, 1.54) is 14.0 Å². The number of carbonyl (C=O) groups is 1. The third-order valence-electron chi connectivity index (χ3n) is 2.11. The summed E-state index contributed by atoms with van der Waals surface area (Å²) in [4.78, 5) is 10.8. The molecule has 0 aliphatic heterocycles. The lowest BCUT2D eigenvalue weighted by atomic mass is 10.0. The Balaban J connectivity index is 3.05. The number of aliphatic hydroxyl groups is 1. The summed E-state index contributed by atoms with van der Waals surface area (Å²) in [5, 5.41) is 9.04. The highest BCUT2D eigenvalue weighted by atomic mass is 16.5. The molecule has 0 aliphatic carbocycles. The fraction of sp³-hybridized carbons (Fsp3) is 0.333. The summed E-state index contributed by atoms with van der Waals surface area (Å²) in [6.45, 7) is 3.08. The molecule has 0 fully saturated rings. The smallest absolute Gasteiger partial charge is 0.308 e. The molecule has 0 saturated carbocycles. The van der Waals surface area contributed by atoms with Gasteiger partial charge in [0, 0.05) is 18.9 Å². The van der Waals surface area contributed by atoms with Gasteiger partial charge in [-0.3, -0.25) is 4.79 Å². The SMILES string of the molecule is COc1cc(OC(C)=O)cc([C](C)CO)c1. The van der Waals surface area contributed by atoms with E-state index in [9.17, 15) is 4.79 Å². The zero-order valence-electron chi connectivity index (χ0n) is 9.61. The van der Waals surface area contributed by atoms with Crippen molar-refractivity contribution in [2.45, 2.75) is 13.8 Å². The molecule has 1 radical (unpaired) electrons. The van der Waals surface area contributed by atoms with Gasteiger partial charge in [-0.05, 0) is 17.7 Å². The minimum absolute atomic E-state index is 0.0489. The van der Waals surface area contributed by atoms with Crippen molar-refractivity contribution in [1.82, 2.24) is 0 Å². The van der Waals surface area contributed by atoms with Crippen LogP contribution >= 0.6 is 0 Å². The Morgan fingerprint density at radius 1 is 1.25 bits per heavy atom. The Hall–Kier alpha value is -1.55. The summed E-state index contributed by atoms with van der Waals surface area (Å²) < 4.78 is 10.1. The maximum absolute atomic E-state index is 10.8. The highest BCUT2D eigenvalue weighted by Crippen LogP contribution is 2.26. The number of rotatable bonds is 4. The quantitative estimate of drug-likeness (QED) is 0.621. The average Bonchev–Trinajstić information content (AvgIpc) is 2.26. The zero-order valence-corrected chi connectivity index (χ0v) is 9.61. The normalized spacial score (nSPS) is 10.3. The molecule has 0 bridgehead atoms. The van der Waals surface area contributed by atoms with E-state index >= 15 is 0 Å². The first kappa shape index (κ1) is 12.5. The van der Waals surface area contributed by atoms with Crippen molar-refractivity contribution < 1.29 is 19.4 Å². The van der Waals surface area contributed by atoms with E-state index in [1.54, 1.807) is 25.1 Å². The van der Waals surface area contributed by atoms with Crippen LogP contribution in [0.5, 0.6) is 11.5 Å². The van der Waals surface area contributed by atoms with Gasteiger partial charge in [0.2, 0.25) is 0 Å². The molecule has 0 saturated heterocycles. The molecule has 0 unspecified atom stereocenters. The highest BCUT2D eigenvalue weighted by Gasteiger charge is 2.10. The maximum Gasteiger partial charge on any atom is 0.308 e. The van der Waals surface area contributed by atoms with Gasteiger partial charge in [0.05, 0.1) is 13.7 Å². The van der Waals surface area contributed by atoms with E-state index < -0.39 is 0 Å². The van der Waals surface area contributed by atoms with Gasteiger partial charge in [0.1, 0.15) is 11.5 Å². The van der Waals surface area contributed by atoms with E-state index in [-0.39, 0.29) is 12.6 Å². The van der Waals surface area contributed by atoms with Crippen LogP contribution in [-0.4, -0.2) is 24.8 Å². The standard InChI is InChI=1S/C12H15O4/c1-8(7-13)10-4-11(15-3)6-12(5-10)16-9(2)14/h4-6,13H,7H2,1-3H3. The minimum Gasteiger partial charge on any atom is -0.497 e. The predicted molar refractivity (Wildman–Crippen MR) is 59.4 cm³/mol. The van der Waals surface area contributed by atoms with Crippen molar-refractivity contribution in [1.29, 1.82) is 0 Å². The topological polar surface area (TPSA) is 55.8 Å². The second-order valence-electron chi connectivity index (χ2n) is 3.43. The van der Waals surface area contributed by atoms with Crippen LogP contribution in [-0.2, 0) is 4.79 Å². The van der Waals surface area contributed by atoms with Gasteiger partial charge in [-0.1, -0.05) is 6.92 Å². The number of ether oxygens (including phenoxy) is 2. The van der Waals surface area contributed by atoms with Crippen LogP contribution in [0.25, 0.3) is 0 Å². The number of esters is 1. The Morgan fingerprint density at radius 2 is 1.88 bits per heavy atom. The molecule has 1 aromatic carbocycles. The molecular weight excluding hydrogens is 208 g/mol. The van der Waals surface area contributed by atoms with E-state index in [2.05, 4.69) is 0 Å². The molecule has 0 atom stereocenters. The van der Waals surface area contributed by atoms with E-state index in [1.807, 2.05) is 0 Å². The van der Waals surface area contributed by atoms with Crippen LogP contribution in [0.4, 0.5) is 0 Å². The summed E-state index contributed by atoms with van der Waals surface area (Å²) in [5.74, 6) is 1.39. The van der Waals surface area contributed by atoms with Crippen LogP contribution in [0.15, 0.2) is 18.2 Å². The van der Waals surface area contributed by atoms with Crippen molar-refractivity contribution in [3.05, 3.63) is 29.7 Å². The number of aliphatic hydroxyl groups excluding tert-OH is 1. The van der Waals surface area contributed by atoms with E-state index in [4.69, 9.17) is 14.6 Å². The lowest BCUT2D eigenvalue weighted by Crippen LogP contribution is -2.05. The predicted octanol–water partition coefficient (Wildman–Crippen LogP) is 1.56. The monoisotopic (exact) mass is 223 g/mol. The zero-order chi connectivity index (χ0) is 12.1. The van der Waals surface area contributed by atoms with Gasteiger partial charge in [-0.15, -0.1) is 0 Å². The van der Waals surface area contributed by atoms with E-state index in [0.717, 1.165) is 11.5 Å². The number of benzene rings is 1. The molecule has 0 spiro atoms. The maximum atomic E-state index is 10.8. The molecule has 1 rings (SSSR count). The largest absolute Gasteiger partial charge is 0.497 e. The number of hydrogen-bond donors (Lipinski definition) is 1. The first-order valence-electron chi connectivity index (χ1n) is 4.88. The second kappa shape index (κ2) is 5.51. The summed E-state index contributed by atoms with van der Waals surface area (Å²) in [6.07, 6.45) is 0. The molecule has 0 aliphatic rings. The summed E-state index contributed by atoms with van der Waals surface area (Å²) >= 11 is 0. The number of hydrogen-bond acceptors (Lipinski definition) is 4. The van der Waals surface area contributed by atoms with Crippen LogP contribution in [0.3, 0.4) is 0 Å². The Morgan fingerprint density at radius 3 is 2.38 bits per heavy atom. The summed E-state index contributed by atoms with van der Waals surface area (Å²) in [6, 6.07) is 5.09. The van der Waals surface area contributed by atoms with Crippen LogP contribution in [0.2, 0.25) is 0 Å². The van der Waals surface area contributed by atoms with Gasteiger partial charge in [-0.2, -0.15) is 0 Å². The van der Waals surface area contributed by atoms with Gasteiger partial charge in [0.15, 0.2) is 0 Å². The second-order valence-corrected chi connectivity index (χ2v) is 3.43.